The largest absolute Gasteiger partial charge is 0.377 e. The quantitative estimate of drug-likeness (QED) is 0.377. The van der Waals surface area contributed by atoms with Crippen molar-refractivity contribution in [1.82, 2.24) is 0 Å². The zero-order valence-corrected chi connectivity index (χ0v) is 19.2. The first-order chi connectivity index (χ1) is 13.9. The first-order valence-electron chi connectivity index (χ1n) is 11.1. The first-order valence-corrected chi connectivity index (χ1v) is 12.2. The zero-order valence-electron chi connectivity index (χ0n) is 17.1. The number of rotatable bonds is 0. The second kappa shape index (κ2) is 7.24. The van der Waals surface area contributed by atoms with E-state index in [1.54, 1.807) is 0 Å². The van der Waals surface area contributed by atoms with Gasteiger partial charge >= 0.3 is 0 Å². The van der Waals surface area contributed by atoms with Gasteiger partial charge in [-0.1, -0.05) is 24.3 Å². The van der Waals surface area contributed by atoms with Gasteiger partial charge in [0.15, 0.2) is 5.78 Å². The van der Waals surface area contributed by atoms with E-state index in [1.165, 1.54) is 22.0 Å². The molecule has 5 rings (SSSR count). The molecule has 4 aliphatic carbocycles. The molecule has 0 spiro atoms. The fourth-order valence-electron chi connectivity index (χ4n) is 7.11. The molecule has 6 atom stereocenters. The molecule has 3 heteroatoms. The summed E-state index contributed by atoms with van der Waals surface area (Å²) in [5, 5.41) is 11.7. The maximum absolute atomic E-state index is 11.9. The Morgan fingerprint density at radius 1 is 1.03 bits per heavy atom. The van der Waals surface area contributed by atoms with Gasteiger partial charge in [-0.05, 0) is 122 Å². The molecule has 0 aliphatic heterocycles. The van der Waals surface area contributed by atoms with Crippen LogP contribution < -0.4 is 0 Å². The number of carbonyl (C=O) groups excluding carboxylic acids is 1. The molecule has 29 heavy (non-hydrogen) atoms. The third-order valence-electron chi connectivity index (χ3n) is 8.71. The summed E-state index contributed by atoms with van der Waals surface area (Å²) in [6, 6.07) is 8.23. The van der Waals surface area contributed by atoms with Crippen molar-refractivity contribution in [2.24, 2.45) is 29.1 Å². The van der Waals surface area contributed by atoms with E-state index in [0.717, 1.165) is 44.1 Å². The summed E-state index contributed by atoms with van der Waals surface area (Å²) in [4.78, 5) is 11.9. The van der Waals surface area contributed by atoms with Crippen molar-refractivity contribution in [1.29, 1.82) is 0 Å². The highest BCUT2D eigenvalue weighted by Gasteiger charge is 2.62. The van der Waals surface area contributed by atoms with E-state index in [4.69, 9.17) is 0 Å². The maximum atomic E-state index is 11.9. The fourth-order valence-corrected chi connectivity index (χ4v) is 7.47. The van der Waals surface area contributed by atoms with Crippen LogP contribution >= 0.6 is 22.6 Å². The SMILES string of the molecule is C[C@]12CC[C@H]3[C@@H](CCC4=CC(=O)CC[C@@H]43)[C@@H]1CC[C@@]2(O)C#Cc1ccc(I)cc1. The topological polar surface area (TPSA) is 37.3 Å². The summed E-state index contributed by atoms with van der Waals surface area (Å²) < 4.78 is 1.20. The Morgan fingerprint density at radius 3 is 2.62 bits per heavy atom. The van der Waals surface area contributed by atoms with Gasteiger partial charge in [0.25, 0.3) is 0 Å². The van der Waals surface area contributed by atoms with Crippen LogP contribution in [0.4, 0.5) is 0 Å². The highest BCUT2D eigenvalue weighted by atomic mass is 127. The van der Waals surface area contributed by atoms with E-state index in [1.807, 2.05) is 18.2 Å². The van der Waals surface area contributed by atoms with Gasteiger partial charge in [0, 0.05) is 21.0 Å². The molecule has 1 aromatic carbocycles. The summed E-state index contributed by atoms with van der Waals surface area (Å²) in [7, 11) is 0. The molecule has 0 unspecified atom stereocenters. The van der Waals surface area contributed by atoms with Gasteiger partial charge in [-0.25, -0.2) is 0 Å². The van der Waals surface area contributed by atoms with Crippen LogP contribution in [0.25, 0.3) is 0 Å². The number of halogens is 1. The van der Waals surface area contributed by atoms with Crippen LogP contribution in [0.15, 0.2) is 35.9 Å². The molecule has 1 N–H and O–H groups in total. The molecule has 1 aromatic rings. The summed E-state index contributed by atoms with van der Waals surface area (Å²) in [5.41, 5.74) is 1.41. The second-order valence-corrected chi connectivity index (χ2v) is 11.2. The third kappa shape index (κ3) is 3.22. The molecule has 0 bridgehead atoms. The number of allylic oxidation sites excluding steroid dienone is 1. The highest BCUT2D eigenvalue weighted by Crippen LogP contribution is 2.64. The van der Waals surface area contributed by atoms with Crippen LogP contribution in [0.1, 0.15) is 63.9 Å². The molecule has 0 aromatic heterocycles. The number of carbonyl (C=O) groups is 1. The number of fused-ring (bicyclic) bond motifs is 5. The Labute approximate surface area is 187 Å². The van der Waals surface area contributed by atoms with Crippen LogP contribution in [0.3, 0.4) is 0 Å². The Kier molecular flexibility index (Phi) is 4.95. The number of hydrogen-bond donors (Lipinski definition) is 1. The Bertz CT molecular complexity index is 920. The van der Waals surface area contributed by atoms with E-state index in [9.17, 15) is 9.90 Å². The molecule has 4 aliphatic rings. The molecule has 0 heterocycles. The fraction of sp³-hybridized carbons (Fsp3) is 0.577. The van der Waals surface area contributed by atoms with E-state index < -0.39 is 5.60 Å². The molecule has 0 radical (unpaired) electrons. The lowest BCUT2D eigenvalue weighted by molar-refractivity contribution is -0.116. The van der Waals surface area contributed by atoms with Crippen LogP contribution in [0.2, 0.25) is 0 Å². The minimum atomic E-state index is -0.885. The molecule has 3 saturated carbocycles. The van der Waals surface area contributed by atoms with E-state index in [-0.39, 0.29) is 5.41 Å². The summed E-state index contributed by atoms with van der Waals surface area (Å²) in [6.07, 6.45) is 10.1. The van der Waals surface area contributed by atoms with Gasteiger partial charge < -0.3 is 5.11 Å². The van der Waals surface area contributed by atoms with Crippen molar-refractivity contribution < 1.29 is 9.90 Å². The smallest absolute Gasteiger partial charge is 0.155 e. The van der Waals surface area contributed by atoms with E-state index >= 15 is 0 Å². The monoisotopic (exact) mass is 500 g/mol. The molecule has 0 amide bonds. The number of hydrogen-bond acceptors (Lipinski definition) is 2. The number of aliphatic hydroxyl groups is 1. The average molecular weight is 500 g/mol. The van der Waals surface area contributed by atoms with Crippen molar-refractivity contribution in [2.45, 2.75) is 63.9 Å². The number of benzene rings is 1. The maximum Gasteiger partial charge on any atom is 0.155 e. The summed E-state index contributed by atoms with van der Waals surface area (Å²) >= 11 is 2.30. The Morgan fingerprint density at radius 2 is 1.83 bits per heavy atom. The minimum Gasteiger partial charge on any atom is -0.377 e. The Balaban J connectivity index is 1.41. The number of ketones is 1. The van der Waals surface area contributed by atoms with Crippen LogP contribution in [-0.2, 0) is 4.79 Å². The van der Waals surface area contributed by atoms with Gasteiger partial charge in [-0.3, -0.25) is 4.79 Å². The van der Waals surface area contributed by atoms with Crippen molar-refractivity contribution >= 4 is 28.4 Å². The predicted octanol–water partition coefficient (Wildman–Crippen LogP) is 5.52. The molecule has 0 saturated heterocycles. The second-order valence-electron chi connectivity index (χ2n) is 9.92. The molecular formula is C26H29IO2. The van der Waals surface area contributed by atoms with Gasteiger partial charge in [0.2, 0.25) is 0 Å². The van der Waals surface area contributed by atoms with Gasteiger partial charge in [0.1, 0.15) is 5.60 Å². The van der Waals surface area contributed by atoms with Crippen LogP contribution in [0.5, 0.6) is 0 Å². The zero-order chi connectivity index (χ0) is 20.2. The standard InChI is InChI=1S/C26H29IO2/c1-25-13-11-22-21-9-7-20(28)16-18(21)4-8-23(22)24(25)12-15-26(25,29)14-10-17-2-5-19(27)6-3-17/h2-3,5-6,16,21-24,29H,4,7-9,11-13,15H2,1H3/t21-,22+,23+,24-,25-,26-/m0/s1. The lowest BCUT2D eigenvalue weighted by atomic mass is 9.50. The van der Waals surface area contributed by atoms with E-state index in [2.05, 4.69) is 53.5 Å². The molecular weight excluding hydrogens is 471 g/mol. The Hall–Kier alpha value is -1.12. The molecule has 3 fully saturated rings. The van der Waals surface area contributed by atoms with Gasteiger partial charge in [-0.15, -0.1) is 0 Å². The van der Waals surface area contributed by atoms with Crippen LogP contribution in [0, 0.1) is 44.5 Å². The lowest BCUT2D eigenvalue weighted by Gasteiger charge is -2.54. The summed E-state index contributed by atoms with van der Waals surface area (Å²) in [6.45, 7) is 2.30. The van der Waals surface area contributed by atoms with E-state index in [0.29, 0.717) is 29.5 Å². The van der Waals surface area contributed by atoms with Crippen molar-refractivity contribution in [3.8, 4) is 11.8 Å². The minimum absolute atomic E-state index is 0.115. The van der Waals surface area contributed by atoms with Gasteiger partial charge in [-0.2, -0.15) is 0 Å². The van der Waals surface area contributed by atoms with Crippen molar-refractivity contribution in [3.05, 3.63) is 45.0 Å². The first kappa shape index (κ1) is 19.8. The third-order valence-corrected chi connectivity index (χ3v) is 9.43. The normalized spacial score (nSPS) is 40.8. The van der Waals surface area contributed by atoms with Crippen LogP contribution in [-0.4, -0.2) is 16.5 Å². The van der Waals surface area contributed by atoms with Gasteiger partial charge in [0.05, 0.1) is 0 Å². The molecule has 2 nitrogen and oxygen atoms in total. The average Bonchev–Trinajstić information content (AvgIpc) is 2.98. The molecule has 152 valence electrons. The van der Waals surface area contributed by atoms with Crippen molar-refractivity contribution in [2.75, 3.05) is 0 Å². The van der Waals surface area contributed by atoms with Crippen molar-refractivity contribution in [3.63, 3.8) is 0 Å². The highest BCUT2D eigenvalue weighted by molar-refractivity contribution is 14.1. The summed E-state index contributed by atoms with van der Waals surface area (Å²) in [5.74, 6) is 9.50. The predicted molar refractivity (Wildman–Crippen MR) is 123 cm³/mol. The lowest BCUT2D eigenvalue weighted by Crippen LogP contribution is -2.52.